The highest BCUT2D eigenvalue weighted by atomic mass is 35.5. The molecule has 0 saturated carbocycles. The van der Waals surface area contributed by atoms with Gasteiger partial charge in [0, 0.05) is 12.5 Å². The summed E-state index contributed by atoms with van der Waals surface area (Å²) in [5, 5.41) is 5.96. The minimum Gasteiger partial charge on any atom is -0.497 e. The Hall–Kier alpha value is -3.98. The fourth-order valence-corrected chi connectivity index (χ4v) is 3.73. The fraction of sp³-hybridized carbons (Fsp3) is 0.208. The number of anilines is 1. The average molecular weight is 484 g/mol. The molecule has 0 aliphatic carbocycles. The SMILES string of the molecule is COc1ccc(C2=NN(C(=O)COC(=O)c3cc(Cl)c(N)cc3OC)C(c3ccco3)C2)cc1. The van der Waals surface area contributed by atoms with Crippen molar-refractivity contribution in [2.75, 3.05) is 26.6 Å². The van der Waals surface area contributed by atoms with Crippen molar-refractivity contribution in [3.8, 4) is 11.5 Å². The molecule has 0 radical (unpaired) electrons. The number of ether oxygens (including phenoxy) is 3. The molecule has 34 heavy (non-hydrogen) atoms. The molecule has 176 valence electrons. The molecule has 2 heterocycles. The fourth-order valence-electron chi connectivity index (χ4n) is 3.57. The van der Waals surface area contributed by atoms with Crippen molar-refractivity contribution >= 4 is 34.9 Å². The van der Waals surface area contributed by atoms with Gasteiger partial charge in [-0.3, -0.25) is 4.79 Å². The number of rotatable bonds is 7. The zero-order valence-electron chi connectivity index (χ0n) is 18.5. The number of methoxy groups -OCH3 is 2. The highest BCUT2D eigenvalue weighted by molar-refractivity contribution is 6.33. The maximum atomic E-state index is 13.0. The molecule has 9 nitrogen and oxygen atoms in total. The van der Waals surface area contributed by atoms with Gasteiger partial charge in [0.15, 0.2) is 6.61 Å². The largest absolute Gasteiger partial charge is 0.497 e. The van der Waals surface area contributed by atoms with Crippen LogP contribution < -0.4 is 15.2 Å². The normalized spacial score (nSPS) is 15.1. The van der Waals surface area contributed by atoms with E-state index < -0.39 is 24.5 Å². The van der Waals surface area contributed by atoms with Crippen molar-refractivity contribution < 1.29 is 28.2 Å². The van der Waals surface area contributed by atoms with Crippen LogP contribution in [0, 0.1) is 0 Å². The Balaban J connectivity index is 1.53. The molecule has 1 unspecified atom stereocenters. The number of benzene rings is 2. The first-order valence-electron chi connectivity index (χ1n) is 10.3. The molecule has 1 amide bonds. The van der Waals surface area contributed by atoms with E-state index in [9.17, 15) is 9.59 Å². The summed E-state index contributed by atoms with van der Waals surface area (Å²) in [7, 11) is 2.98. The summed E-state index contributed by atoms with van der Waals surface area (Å²) < 4.78 is 21.2. The molecule has 0 saturated heterocycles. The standard InChI is InChI=1S/C24H22ClN3O6/c1-31-15-7-5-14(6-8-15)19-12-20(21-4-3-9-33-21)28(27-19)23(29)13-34-24(30)16-10-17(25)18(26)11-22(16)32-2/h3-11,20H,12-13,26H2,1-2H3. The molecular weight excluding hydrogens is 462 g/mol. The highest BCUT2D eigenvalue weighted by Crippen LogP contribution is 2.34. The second-order valence-corrected chi connectivity index (χ2v) is 7.81. The Morgan fingerprint density at radius 3 is 2.59 bits per heavy atom. The highest BCUT2D eigenvalue weighted by Gasteiger charge is 2.35. The first-order valence-corrected chi connectivity index (χ1v) is 10.7. The predicted molar refractivity (Wildman–Crippen MR) is 125 cm³/mol. The van der Waals surface area contributed by atoms with E-state index in [-0.39, 0.29) is 22.0 Å². The van der Waals surface area contributed by atoms with E-state index in [1.165, 1.54) is 30.5 Å². The van der Waals surface area contributed by atoms with Crippen molar-refractivity contribution in [2.45, 2.75) is 12.5 Å². The van der Waals surface area contributed by atoms with Crippen LogP contribution in [0.2, 0.25) is 5.02 Å². The number of carbonyl (C=O) groups excluding carboxylic acids is 2. The second kappa shape index (κ2) is 9.88. The van der Waals surface area contributed by atoms with Gasteiger partial charge in [0.1, 0.15) is 28.9 Å². The summed E-state index contributed by atoms with van der Waals surface area (Å²) in [6.07, 6.45) is 1.96. The third-order valence-electron chi connectivity index (χ3n) is 5.33. The molecule has 1 aliphatic rings. The van der Waals surface area contributed by atoms with Crippen LogP contribution in [0.25, 0.3) is 0 Å². The van der Waals surface area contributed by atoms with E-state index >= 15 is 0 Å². The second-order valence-electron chi connectivity index (χ2n) is 7.40. The molecule has 0 fully saturated rings. The minimum absolute atomic E-state index is 0.0564. The average Bonchev–Trinajstić information content (AvgIpc) is 3.54. The van der Waals surface area contributed by atoms with Gasteiger partial charge in [0.25, 0.3) is 5.91 Å². The van der Waals surface area contributed by atoms with Gasteiger partial charge in [-0.25, -0.2) is 9.80 Å². The molecule has 0 spiro atoms. The zero-order chi connectivity index (χ0) is 24.2. The van der Waals surface area contributed by atoms with Crippen LogP contribution in [0.15, 0.2) is 64.3 Å². The van der Waals surface area contributed by atoms with Gasteiger partial charge in [-0.15, -0.1) is 0 Å². The van der Waals surface area contributed by atoms with Crippen molar-refractivity contribution in [1.29, 1.82) is 0 Å². The summed E-state index contributed by atoms with van der Waals surface area (Å²) in [6.45, 7) is -0.541. The molecular formula is C24H22ClN3O6. The van der Waals surface area contributed by atoms with Crippen LogP contribution in [0.4, 0.5) is 5.69 Å². The van der Waals surface area contributed by atoms with Crippen LogP contribution in [-0.2, 0) is 9.53 Å². The van der Waals surface area contributed by atoms with Gasteiger partial charge >= 0.3 is 5.97 Å². The van der Waals surface area contributed by atoms with Gasteiger partial charge in [-0.1, -0.05) is 11.6 Å². The number of nitrogens with zero attached hydrogens (tertiary/aromatic N) is 2. The van der Waals surface area contributed by atoms with Crippen molar-refractivity contribution in [3.05, 3.63) is 76.7 Å². The molecule has 10 heteroatoms. The number of hydrogen-bond acceptors (Lipinski definition) is 8. The van der Waals surface area contributed by atoms with Crippen LogP contribution in [0.3, 0.4) is 0 Å². The van der Waals surface area contributed by atoms with Crippen LogP contribution in [-0.4, -0.2) is 43.4 Å². The molecule has 0 bridgehead atoms. The summed E-state index contributed by atoms with van der Waals surface area (Å²) in [6, 6.07) is 13.1. The number of furan rings is 1. The molecule has 2 N–H and O–H groups in total. The van der Waals surface area contributed by atoms with Crippen molar-refractivity contribution in [1.82, 2.24) is 5.01 Å². The summed E-state index contributed by atoms with van der Waals surface area (Å²) >= 11 is 6.02. The maximum absolute atomic E-state index is 13.0. The number of nitrogens with two attached hydrogens (primary N) is 1. The first kappa shape index (κ1) is 23.2. The number of halogens is 1. The minimum atomic E-state index is -0.778. The third kappa shape index (κ3) is 4.69. The molecule has 2 aromatic carbocycles. The van der Waals surface area contributed by atoms with Crippen molar-refractivity contribution in [3.63, 3.8) is 0 Å². The molecule has 3 aromatic rings. The van der Waals surface area contributed by atoms with Crippen LogP contribution in [0.5, 0.6) is 11.5 Å². The van der Waals surface area contributed by atoms with E-state index in [2.05, 4.69) is 5.10 Å². The van der Waals surface area contributed by atoms with Gasteiger partial charge < -0.3 is 24.4 Å². The van der Waals surface area contributed by atoms with E-state index in [0.29, 0.717) is 23.6 Å². The number of carbonyl (C=O) groups is 2. The van der Waals surface area contributed by atoms with Gasteiger partial charge in [0.05, 0.1) is 36.9 Å². The molecule has 4 rings (SSSR count). The van der Waals surface area contributed by atoms with E-state index in [1.54, 1.807) is 19.2 Å². The lowest BCUT2D eigenvalue weighted by molar-refractivity contribution is -0.136. The number of amides is 1. The summed E-state index contributed by atoms with van der Waals surface area (Å²) in [4.78, 5) is 25.7. The Morgan fingerprint density at radius 1 is 1.18 bits per heavy atom. The van der Waals surface area contributed by atoms with Crippen LogP contribution in [0.1, 0.15) is 34.1 Å². The summed E-state index contributed by atoms with van der Waals surface area (Å²) in [5.41, 5.74) is 7.59. The number of nitrogen functional groups attached to an aromatic ring is 1. The monoisotopic (exact) mass is 483 g/mol. The lowest BCUT2D eigenvalue weighted by Crippen LogP contribution is -2.31. The van der Waals surface area contributed by atoms with E-state index in [4.69, 9.17) is 36.0 Å². The smallest absolute Gasteiger partial charge is 0.342 e. The van der Waals surface area contributed by atoms with Gasteiger partial charge in [-0.05, 0) is 48.0 Å². The quantitative estimate of drug-likeness (QED) is 0.397. The van der Waals surface area contributed by atoms with E-state index in [1.807, 2.05) is 24.3 Å². The number of esters is 1. The van der Waals surface area contributed by atoms with Crippen molar-refractivity contribution in [2.24, 2.45) is 5.10 Å². The Labute approximate surface area is 200 Å². The van der Waals surface area contributed by atoms with Gasteiger partial charge in [0.2, 0.25) is 0 Å². The molecule has 1 aliphatic heterocycles. The summed E-state index contributed by atoms with van der Waals surface area (Å²) in [5.74, 6) is 0.176. The topological polar surface area (TPSA) is 117 Å². The Bertz CT molecular complexity index is 1220. The lowest BCUT2D eigenvalue weighted by atomic mass is 10.0. The Morgan fingerprint density at radius 2 is 1.94 bits per heavy atom. The zero-order valence-corrected chi connectivity index (χ0v) is 19.2. The van der Waals surface area contributed by atoms with Crippen LogP contribution >= 0.6 is 11.6 Å². The predicted octanol–water partition coefficient (Wildman–Crippen LogP) is 4.07. The number of hydrazone groups is 1. The lowest BCUT2D eigenvalue weighted by Gasteiger charge is -2.19. The third-order valence-corrected chi connectivity index (χ3v) is 5.65. The molecule has 1 atom stereocenters. The van der Waals surface area contributed by atoms with E-state index in [0.717, 1.165) is 5.56 Å². The number of hydrogen-bond donors (Lipinski definition) is 1. The first-order chi connectivity index (χ1) is 16.4. The Kier molecular flexibility index (Phi) is 6.74. The molecule has 1 aromatic heterocycles. The van der Waals surface area contributed by atoms with Gasteiger partial charge in [-0.2, -0.15) is 5.10 Å². The maximum Gasteiger partial charge on any atom is 0.342 e.